The Kier molecular flexibility index (Phi) is 8.69. The Morgan fingerprint density at radius 3 is 2.44 bits per heavy atom. The van der Waals surface area contributed by atoms with Crippen LogP contribution in [-0.4, -0.2) is 70.7 Å². The van der Waals surface area contributed by atoms with E-state index in [9.17, 15) is 9.59 Å². The molecule has 1 N–H and O–H groups in total. The van der Waals surface area contributed by atoms with Crippen molar-refractivity contribution in [3.8, 4) is 0 Å². The Bertz CT molecular complexity index is 221. The number of ether oxygens (including phenoxy) is 2. The number of carbonyl (C=O) groups is 2. The van der Waals surface area contributed by atoms with E-state index in [1.165, 1.54) is 7.11 Å². The van der Waals surface area contributed by atoms with Gasteiger partial charge in [0.05, 0.1) is 19.7 Å². The molecular formula is C10H20N2O4. The molecule has 0 bridgehead atoms. The molecule has 0 radical (unpaired) electrons. The Morgan fingerprint density at radius 2 is 1.88 bits per heavy atom. The summed E-state index contributed by atoms with van der Waals surface area (Å²) in [6.07, 6.45) is 0. The third kappa shape index (κ3) is 8.34. The largest absolute Gasteiger partial charge is 0.383 e. The smallest absolute Gasteiger partial charge is 0.234 e. The molecule has 94 valence electrons. The second kappa shape index (κ2) is 9.26. The number of carbonyl (C=O) groups excluding carboxylic acids is 2. The van der Waals surface area contributed by atoms with Crippen molar-refractivity contribution >= 4 is 11.7 Å². The molecule has 0 saturated heterocycles. The van der Waals surface area contributed by atoms with Gasteiger partial charge in [0.2, 0.25) is 5.91 Å². The van der Waals surface area contributed by atoms with Gasteiger partial charge in [-0.05, 0) is 7.05 Å². The summed E-state index contributed by atoms with van der Waals surface area (Å²) < 4.78 is 9.49. The molecule has 0 aromatic heterocycles. The number of likely N-dealkylation sites (N-methyl/N-ethyl adjacent to an activating group) is 1. The highest BCUT2D eigenvalue weighted by molar-refractivity contribution is 5.83. The molecule has 0 rings (SSSR count). The fourth-order valence-electron chi connectivity index (χ4n) is 1.16. The first-order chi connectivity index (χ1) is 7.60. The average Bonchev–Trinajstić information content (AvgIpc) is 2.17. The first-order valence-corrected chi connectivity index (χ1v) is 5.05. The first-order valence-electron chi connectivity index (χ1n) is 5.05. The van der Waals surface area contributed by atoms with Gasteiger partial charge in [-0.2, -0.15) is 0 Å². The quantitative estimate of drug-likeness (QED) is 0.511. The van der Waals surface area contributed by atoms with Gasteiger partial charge in [0.25, 0.3) is 0 Å². The summed E-state index contributed by atoms with van der Waals surface area (Å²) in [6, 6.07) is 0. The van der Waals surface area contributed by atoms with E-state index in [4.69, 9.17) is 9.47 Å². The zero-order valence-corrected chi connectivity index (χ0v) is 10.1. The number of hydrogen-bond donors (Lipinski definition) is 1. The molecule has 0 atom stereocenters. The van der Waals surface area contributed by atoms with Crippen LogP contribution in [0.3, 0.4) is 0 Å². The van der Waals surface area contributed by atoms with Crippen LogP contribution in [0, 0.1) is 0 Å². The minimum atomic E-state index is -0.121. The lowest BCUT2D eigenvalue weighted by Gasteiger charge is -2.14. The zero-order valence-electron chi connectivity index (χ0n) is 10.1. The molecule has 1 amide bonds. The number of methoxy groups -OCH3 is 2. The van der Waals surface area contributed by atoms with Gasteiger partial charge in [0, 0.05) is 20.8 Å². The minimum absolute atomic E-state index is 0.0466. The molecule has 6 nitrogen and oxygen atoms in total. The van der Waals surface area contributed by atoms with E-state index in [-0.39, 0.29) is 31.4 Å². The van der Waals surface area contributed by atoms with Crippen LogP contribution in [0.4, 0.5) is 0 Å². The number of Topliss-reactive ketones (excluding diaryl/α,β-unsaturated/α-hetero) is 1. The van der Waals surface area contributed by atoms with E-state index in [1.54, 1.807) is 19.1 Å². The summed E-state index contributed by atoms with van der Waals surface area (Å²) in [5, 5.41) is 2.67. The van der Waals surface area contributed by atoms with Gasteiger partial charge in [0.1, 0.15) is 6.61 Å². The van der Waals surface area contributed by atoms with E-state index in [0.29, 0.717) is 13.2 Å². The highest BCUT2D eigenvalue weighted by Gasteiger charge is 2.09. The Balaban J connectivity index is 3.65. The molecule has 0 spiro atoms. The van der Waals surface area contributed by atoms with Crippen LogP contribution >= 0.6 is 0 Å². The second-order valence-electron chi connectivity index (χ2n) is 3.49. The molecule has 0 saturated carbocycles. The Hall–Kier alpha value is -0.980. The summed E-state index contributed by atoms with van der Waals surface area (Å²) in [5.41, 5.74) is 0. The average molecular weight is 232 g/mol. The van der Waals surface area contributed by atoms with Crippen molar-refractivity contribution in [2.45, 2.75) is 0 Å². The van der Waals surface area contributed by atoms with Crippen LogP contribution in [0.5, 0.6) is 0 Å². The molecule has 6 heteroatoms. The number of rotatable bonds is 9. The Morgan fingerprint density at radius 1 is 1.19 bits per heavy atom. The van der Waals surface area contributed by atoms with Crippen molar-refractivity contribution in [1.82, 2.24) is 10.2 Å². The highest BCUT2D eigenvalue weighted by atomic mass is 16.5. The van der Waals surface area contributed by atoms with Crippen LogP contribution < -0.4 is 5.32 Å². The summed E-state index contributed by atoms with van der Waals surface area (Å²) in [4.78, 5) is 24.1. The maximum Gasteiger partial charge on any atom is 0.234 e. The molecule has 0 aliphatic heterocycles. The minimum Gasteiger partial charge on any atom is -0.383 e. The van der Waals surface area contributed by atoms with Gasteiger partial charge in [-0.25, -0.2) is 0 Å². The summed E-state index contributed by atoms with van der Waals surface area (Å²) >= 11 is 0. The van der Waals surface area contributed by atoms with E-state index in [2.05, 4.69) is 5.32 Å². The molecule has 0 unspecified atom stereocenters. The van der Waals surface area contributed by atoms with E-state index >= 15 is 0 Å². The van der Waals surface area contributed by atoms with Crippen LogP contribution in [0.15, 0.2) is 0 Å². The lowest BCUT2D eigenvalue weighted by molar-refractivity contribution is -0.125. The SMILES string of the molecule is COCCNC(=O)CN(C)CC(=O)COC. The monoisotopic (exact) mass is 232 g/mol. The third-order valence-corrected chi connectivity index (χ3v) is 1.79. The molecule has 0 fully saturated rings. The van der Waals surface area contributed by atoms with Crippen molar-refractivity contribution in [1.29, 1.82) is 0 Å². The fraction of sp³-hybridized carbons (Fsp3) is 0.800. The molecule has 16 heavy (non-hydrogen) atoms. The Labute approximate surface area is 95.9 Å². The summed E-state index contributed by atoms with van der Waals surface area (Å²) in [5.74, 6) is -0.167. The van der Waals surface area contributed by atoms with E-state index in [0.717, 1.165) is 0 Å². The zero-order chi connectivity index (χ0) is 12.4. The van der Waals surface area contributed by atoms with Crippen molar-refractivity contribution in [3.05, 3.63) is 0 Å². The first kappa shape index (κ1) is 15.0. The van der Waals surface area contributed by atoms with Crippen LogP contribution in [0.25, 0.3) is 0 Å². The van der Waals surface area contributed by atoms with Gasteiger partial charge in [-0.1, -0.05) is 0 Å². The van der Waals surface area contributed by atoms with Gasteiger partial charge < -0.3 is 14.8 Å². The van der Waals surface area contributed by atoms with Crippen molar-refractivity contribution in [2.75, 3.05) is 54.1 Å². The van der Waals surface area contributed by atoms with Crippen LogP contribution in [-0.2, 0) is 19.1 Å². The van der Waals surface area contributed by atoms with Crippen LogP contribution in [0.1, 0.15) is 0 Å². The fourth-order valence-corrected chi connectivity index (χ4v) is 1.16. The molecular weight excluding hydrogens is 212 g/mol. The van der Waals surface area contributed by atoms with E-state index in [1.807, 2.05) is 0 Å². The molecule has 0 aromatic carbocycles. The summed E-state index contributed by atoms with van der Waals surface area (Å²) in [6.45, 7) is 1.45. The normalized spacial score (nSPS) is 10.5. The molecule has 0 heterocycles. The molecule has 0 aliphatic carbocycles. The van der Waals surface area contributed by atoms with Crippen molar-refractivity contribution < 1.29 is 19.1 Å². The maximum atomic E-state index is 11.3. The van der Waals surface area contributed by atoms with Crippen molar-refractivity contribution in [2.24, 2.45) is 0 Å². The lowest BCUT2D eigenvalue weighted by Crippen LogP contribution is -2.39. The third-order valence-electron chi connectivity index (χ3n) is 1.79. The number of ketones is 1. The maximum absolute atomic E-state index is 11.3. The number of nitrogens with one attached hydrogen (secondary N) is 1. The summed E-state index contributed by atoms with van der Waals surface area (Å²) in [7, 11) is 4.75. The number of nitrogens with zero attached hydrogens (tertiary/aromatic N) is 1. The predicted octanol–water partition coefficient (Wildman–Crippen LogP) is -1.10. The van der Waals surface area contributed by atoms with Gasteiger partial charge in [0.15, 0.2) is 5.78 Å². The lowest BCUT2D eigenvalue weighted by atomic mass is 10.3. The number of amides is 1. The highest BCUT2D eigenvalue weighted by Crippen LogP contribution is 1.84. The predicted molar refractivity (Wildman–Crippen MR) is 59.3 cm³/mol. The van der Waals surface area contributed by atoms with Crippen LogP contribution in [0.2, 0.25) is 0 Å². The topological polar surface area (TPSA) is 67.9 Å². The molecule has 0 aliphatic rings. The van der Waals surface area contributed by atoms with E-state index < -0.39 is 0 Å². The number of hydrogen-bond acceptors (Lipinski definition) is 5. The van der Waals surface area contributed by atoms with Gasteiger partial charge in [-0.3, -0.25) is 14.5 Å². The van der Waals surface area contributed by atoms with Gasteiger partial charge in [-0.15, -0.1) is 0 Å². The second-order valence-corrected chi connectivity index (χ2v) is 3.49. The van der Waals surface area contributed by atoms with Gasteiger partial charge >= 0.3 is 0 Å². The molecule has 0 aromatic rings. The van der Waals surface area contributed by atoms with Crippen molar-refractivity contribution in [3.63, 3.8) is 0 Å². The standard InChI is InChI=1S/C10H20N2O4/c1-12(6-9(13)8-16-3)7-10(14)11-4-5-15-2/h4-8H2,1-3H3,(H,11,14).